The first-order valence-electron chi connectivity index (χ1n) is 5.36. The third-order valence-corrected chi connectivity index (χ3v) is 4.35. The quantitative estimate of drug-likeness (QED) is 0.522. The molecule has 1 fully saturated rings. The maximum atomic E-state index is 11.6. The van der Waals surface area contributed by atoms with Crippen LogP contribution in [-0.2, 0) is 9.53 Å². The first-order chi connectivity index (χ1) is 7.45. The number of halogens is 1. The van der Waals surface area contributed by atoms with Crippen LogP contribution in [0.3, 0.4) is 0 Å². The molecule has 16 heavy (non-hydrogen) atoms. The molecular formula is C12H14ClNO2. The normalized spacial score (nSPS) is 41.1. The van der Waals surface area contributed by atoms with Crippen molar-refractivity contribution in [1.29, 1.82) is 5.26 Å². The second-order valence-electron chi connectivity index (χ2n) is 4.93. The monoisotopic (exact) mass is 239 g/mol. The number of carbonyl (C=O) groups is 1. The van der Waals surface area contributed by atoms with Gasteiger partial charge in [-0.25, -0.2) is 4.79 Å². The van der Waals surface area contributed by atoms with E-state index in [2.05, 4.69) is 6.07 Å². The lowest BCUT2D eigenvalue weighted by Crippen LogP contribution is -2.48. The van der Waals surface area contributed by atoms with Crippen molar-refractivity contribution in [3.05, 3.63) is 11.6 Å². The molecule has 0 saturated heterocycles. The fraction of sp³-hybridized carbons (Fsp3) is 0.667. The van der Waals surface area contributed by atoms with Crippen LogP contribution in [0.1, 0.15) is 26.2 Å². The lowest BCUT2D eigenvalue weighted by molar-refractivity contribution is -0.138. The van der Waals surface area contributed by atoms with Crippen LogP contribution in [0.15, 0.2) is 11.6 Å². The van der Waals surface area contributed by atoms with E-state index in [0.717, 1.165) is 12.8 Å². The predicted octanol–water partition coefficient (Wildman–Crippen LogP) is 2.41. The SMILES string of the molecule is COC(=O)C1=C[C@H]2CC[C@]1(C)CC2(Cl)C#N. The zero-order valence-corrected chi connectivity index (χ0v) is 10.2. The van der Waals surface area contributed by atoms with Crippen molar-refractivity contribution in [1.82, 2.24) is 0 Å². The van der Waals surface area contributed by atoms with E-state index >= 15 is 0 Å². The molecule has 1 unspecified atom stereocenters. The third-order valence-electron chi connectivity index (χ3n) is 3.85. The average Bonchev–Trinajstić information content (AvgIpc) is 2.27. The van der Waals surface area contributed by atoms with E-state index in [0.29, 0.717) is 12.0 Å². The molecule has 0 N–H and O–H groups in total. The molecule has 3 rings (SSSR count). The number of carbonyl (C=O) groups excluding carboxylic acids is 1. The van der Waals surface area contributed by atoms with Crippen LogP contribution in [-0.4, -0.2) is 18.0 Å². The van der Waals surface area contributed by atoms with Gasteiger partial charge < -0.3 is 4.74 Å². The number of hydrogen-bond donors (Lipinski definition) is 0. The number of nitrogens with zero attached hydrogens (tertiary/aromatic N) is 1. The number of alkyl halides is 1. The Kier molecular flexibility index (Phi) is 2.51. The molecule has 4 heteroatoms. The van der Waals surface area contributed by atoms with Crippen LogP contribution in [0.5, 0.6) is 0 Å². The number of rotatable bonds is 1. The van der Waals surface area contributed by atoms with Gasteiger partial charge in [0.05, 0.1) is 13.2 Å². The van der Waals surface area contributed by atoms with Gasteiger partial charge in [0, 0.05) is 16.9 Å². The number of fused-ring (bicyclic) bond motifs is 2. The molecule has 3 nitrogen and oxygen atoms in total. The topological polar surface area (TPSA) is 50.1 Å². The summed E-state index contributed by atoms with van der Waals surface area (Å²) in [5.41, 5.74) is 0.386. The minimum Gasteiger partial charge on any atom is -0.466 e. The molecule has 0 radical (unpaired) electrons. The minimum absolute atomic E-state index is 0.0323. The molecule has 0 aromatic carbocycles. The fourth-order valence-corrected chi connectivity index (χ4v) is 3.35. The Bertz CT molecular complexity index is 412. The van der Waals surface area contributed by atoms with Crippen molar-refractivity contribution >= 4 is 17.6 Å². The van der Waals surface area contributed by atoms with E-state index in [9.17, 15) is 4.79 Å². The highest BCUT2D eigenvalue weighted by Gasteiger charge is 2.54. The van der Waals surface area contributed by atoms with Crippen LogP contribution in [0.25, 0.3) is 0 Å². The van der Waals surface area contributed by atoms with Crippen LogP contribution in [0.4, 0.5) is 0 Å². The number of allylic oxidation sites excluding steroid dienone is 1. The highest BCUT2D eigenvalue weighted by molar-refractivity contribution is 6.26. The smallest absolute Gasteiger partial charge is 0.333 e. The van der Waals surface area contributed by atoms with Gasteiger partial charge in [-0.1, -0.05) is 13.0 Å². The summed E-state index contributed by atoms with van der Waals surface area (Å²) in [5.74, 6) is -0.320. The minimum atomic E-state index is -0.843. The van der Waals surface area contributed by atoms with Gasteiger partial charge in [0.2, 0.25) is 0 Å². The largest absolute Gasteiger partial charge is 0.466 e. The number of esters is 1. The van der Waals surface area contributed by atoms with Gasteiger partial charge in [0.25, 0.3) is 0 Å². The van der Waals surface area contributed by atoms with Gasteiger partial charge >= 0.3 is 5.97 Å². The molecule has 2 bridgehead atoms. The molecule has 86 valence electrons. The maximum Gasteiger partial charge on any atom is 0.333 e. The summed E-state index contributed by atoms with van der Waals surface area (Å²) in [6.45, 7) is 1.99. The predicted molar refractivity (Wildman–Crippen MR) is 59.7 cm³/mol. The number of hydrogen-bond acceptors (Lipinski definition) is 3. The molecule has 0 spiro atoms. The Hall–Kier alpha value is -1.01. The summed E-state index contributed by atoms with van der Waals surface area (Å²) in [5, 5.41) is 9.14. The highest BCUT2D eigenvalue weighted by Crippen LogP contribution is 2.56. The number of ether oxygens (including phenoxy) is 1. The van der Waals surface area contributed by atoms with Gasteiger partial charge in [-0.3, -0.25) is 0 Å². The highest BCUT2D eigenvalue weighted by atomic mass is 35.5. The van der Waals surface area contributed by atoms with Gasteiger partial charge in [-0.15, -0.1) is 11.6 Å². The van der Waals surface area contributed by atoms with Crippen molar-refractivity contribution in [3.63, 3.8) is 0 Å². The zero-order valence-electron chi connectivity index (χ0n) is 9.42. The Morgan fingerprint density at radius 2 is 2.44 bits per heavy atom. The Labute approximate surface area is 100 Å². The standard InChI is InChI=1S/C12H14ClNO2/c1-11-4-3-8(12(13,6-11)7-14)5-9(11)10(15)16-2/h5,8H,3-4,6H2,1-2H3/t8-,11-,12?/m1/s1. The molecule has 0 aliphatic heterocycles. The molecule has 0 heterocycles. The maximum absolute atomic E-state index is 11.6. The lowest BCUT2D eigenvalue weighted by atomic mass is 9.57. The molecule has 1 saturated carbocycles. The molecule has 3 atom stereocenters. The summed E-state index contributed by atoms with van der Waals surface area (Å²) >= 11 is 6.30. The molecule has 0 amide bonds. The van der Waals surface area contributed by atoms with E-state index in [4.69, 9.17) is 21.6 Å². The molecular weight excluding hydrogens is 226 g/mol. The van der Waals surface area contributed by atoms with Crippen molar-refractivity contribution in [2.45, 2.75) is 31.1 Å². The van der Waals surface area contributed by atoms with Crippen molar-refractivity contribution < 1.29 is 9.53 Å². The zero-order chi connectivity index (χ0) is 12.0. The van der Waals surface area contributed by atoms with Crippen LogP contribution in [0, 0.1) is 22.7 Å². The first-order valence-corrected chi connectivity index (χ1v) is 5.74. The summed E-state index contributed by atoms with van der Waals surface area (Å²) in [6.07, 6.45) is 4.14. The van der Waals surface area contributed by atoms with Gasteiger partial charge in [0.15, 0.2) is 0 Å². The van der Waals surface area contributed by atoms with Gasteiger partial charge in [-0.05, 0) is 19.3 Å². The van der Waals surface area contributed by atoms with Crippen LogP contribution < -0.4 is 0 Å². The third kappa shape index (κ3) is 1.44. The van der Waals surface area contributed by atoms with E-state index in [1.54, 1.807) is 0 Å². The Balaban J connectivity index is 2.44. The summed E-state index contributed by atoms with van der Waals surface area (Å²) in [4.78, 5) is 10.8. The summed E-state index contributed by atoms with van der Waals surface area (Å²) in [6, 6.07) is 2.18. The first kappa shape index (κ1) is 11.5. The van der Waals surface area contributed by atoms with Crippen molar-refractivity contribution in [3.8, 4) is 6.07 Å². The lowest BCUT2D eigenvalue weighted by Gasteiger charge is -2.49. The number of nitriles is 1. The Morgan fingerprint density at radius 3 is 2.94 bits per heavy atom. The fourth-order valence-electron chi connectivity index (χ4n) is 2.88. The molecule has 0 aromatic rings. The molecule has 3 aliphatic rings. The van der Waals surface area contributed by atoms with Crippen LogP contribution in [0.2, 0.25) is 0 Å². The second kappa shape index (κ2) is 3.49. The molecule has 0 aromatic heterocycles. The second-order valence-corrected chi connectivity index (χ2v) is 5.60. The Morgan fingerprint density at radius 1 is 1.75 bits per heavy atom. The summed E-state index contributed by atoms with van der Waals surface area (Å²) in [7, 11) is 1.38. The van der Waals surface area contributed by atoms with E-state index in [1.165, 1.54) is 7.11 Å². The van der Waals surface area contributed by atoms with Gasteiger partial charge in [-0.2, -0.15) is 5.26 Å². The van der Waals surface area contributed by atoms with Gasteiger partial charge in [0.1, 0.15) is 4.87 Å². The van der Waals surface area contributed by atoms with E-state index in [1.807, 2.05) is 13.0 Å². The average molecular weight is 240 g/mol. The van der Waals surface area contributed by atoms with E-state index in [-0.39, 0.29) is 17.3 Å². The number of methoxy groups -OCH3 is 1. The van der Waals surface area contributed by atoms with E-state index < -0.39 is 4.87 Å². The van der Waals surface area contributed by atoms with Crippen molar-refractivity contribution in [2.24, 2.45) is 11.3 Å². The van der Waals surface area contributed by atoms with Crippen molar-refractivity contribution in [2.75, 3.05) is 7.11 Å². The van der Waals surface area contributed by atoms with Crippen LogP contribution >= 0.6 is 11.6 Å². The summed E-state index contributed by atoms with van der Waals surface area (Å²) < 4.78 is 4.78. The molecule has 3 aliphatic carbocycles.